The van der Waals surface area contributed by atoms with Crippen LogP contribution in [0.5, 0.6) is 5.88 Å². The van der Waals surface area contributed by atoms with Gasteiger partial charge in [-0.1, -0.05) is 24.1 Å². The smallest absolute Gasteiger partial charge is 0.253 e. The Bertz CT molecular complexity index is 852. The van der Waals surface area contributed by atoms with Crippen LogP contribution in [0.2, 0.25) is 0 Å². The summed E-state index contributed by atoms with van der Waals surface area (Å²) < 4.78 is 5.98. The Hall–Kier alpha value is -2.89. The molecule has 0 bridgehead atoms. The van der Waals surface area contributed by atoms with Crippen molar-refractivity contribution < 1.29 is 14.3 Å². The second-order valence-corrected chi connectivity index (χ2v) is 7.98. The van der Waals surface area contributed by atoms with E-state index in [1.54, 1.807) is 12.3 Å². The summed E-state index contributed by atoms with van der Waals surface area (Å²) in [5, 5.41) is 2.91. The highest BCUT2D eigenvalue weighted by atomic mass is 16.5. The van der Waals surface area contributed by atoms with Crippen LogP contribution in [0.4, 0.5) is 5.69 Å². The number of aromatic nitrogens is 1. The molecule has 0 spiro atoms. The van der Waals surface area contributed by atoms with Crippen LogP contribution in [0, 0.1) is 12.8 Å². The van der Waals surface area contributed by atoms with E-state index in [-0.39, 0.29) is 23.8 Å². The first-order valence-corrected chi connectivity index (χ1v) is 10.4. The van der Waals surface area contributed by atoms with Crippen LogP contribution in [0.15, 0.2) is 42.6 Å². The van der Waals surface area contributed by atoms with Crippen molar-refractivity contribution in [3.63, 3.8) is 0 Å². The normalized spacial score (nSPS) is 17.5. The number of carbonyl (C=O) groups is 2. The number of pyridine rings is 1. The number of amides is 2. The second-order valence-electron chi connectivity index (χ2n) is 7.98. The fourth-order valence-electron chi connectivity index (χ4n) is 3.66. The van der Waals surface area contributed by atoms with Crippen molar-refractivity contribution in [2.75, 3.05) is 18.4 Å². The maximum Gasteiger partial charge on any atom is 0.253 e. The van der Waals surface area contributed by atoms with Gasteiger partial charge in [-0.05, 0) is 38.0 Å². The first-order valence-electron chi connectivity index (χ1n) is 10.4. The van der Waals surface area contributed by atoms with E-state index >= 15 is 0 Å². The lowest BCUT2D eigenvalue weighted by Crippen LogP contribution is -2.41. The van der Waals surface area contributed by atoms with Gasteiger partial charge in [-0.15, -0.1) is 0 Å². The summed E-state index contributed by atoms with van der Waals surface area (Å²) in [6, 6.07) is 11.3. The van der Waals surface area contributed by atoms with Gasteiger partial charge in [0.25, 0.3) is 5.91 Å². The second kappa shape index (κ2) is 8.64. The number of ether oxygens (including phenoxy) is 1. The van der Waals surface area contributed by atoms with Crippen LogP contribution in [-0.4, -0.2) is 40.9 Å². The number of carbonyl (C=O) groups excluding carboxylic acids is 2. The Kier molecular flexibility index (Phi) is 5.79. The molecule has 2 aliphatic rings. The lowest BCUT2D eigenvalue weighted by Gasteiger charge is -2.32. The average Bonchev–Trinajstić information content (AvgIpc) is 2.69. The van der Waals surface area contributed by atoms with Crippen molar-refractivity contribution >= 4 is 17.5 Å². The summed E-state index contributed by atoms with van der Waals surface area (Å²) in [7, 11) is 0. The molecule has 152 valence electrons. The number of hydrogen-bond acceptors (Lipinski definition) is 4. The van der Waals surface area contributed by atoms with Crippen LogP contribution in [0.25, 0.3) is 0 Å². The van der Waals surface area contributed by atoms with Gasteiger partial charge in [-0.3, -0.25) is 9.59 Å². The Morgan fingerprint density at radius 2 is 1.76 bits per heavy atom. The molecule has 1 saturated heterocycles. The van der Waals surface area contributed by atoms with Crippen LogP contribution in [0.3, 0.4) is 0 Å². The molecule has 2 amide bonds. The SMILES string of the molecule is Cc1ccc(C(=O)N2CCC(Oc3ccc(NC(=O)C4CCC4)cn3)CC2)cc1. The topological polar surface area (TPSA) is 71.5 Å². The third-order valence-electron chi connectivity index (χ3n) is 5.79. The summed E-state index contributed by atoms with van der Waals surface area (Å²) in [6.45, 7) is 3.36. The highest BCUT2D eigenvalue weighted by Gasteiger charge is 2.26. The molecule has 4 rings (SSSR count). The molecule has 2 heterocycles. The van der Waals surface area contributed by atoms with Crippen molar-refractivity contribution in [2.45, 2.75) is 45.1 Å². The summed E-state index contributed by atoms with van der Waals surface area (Å²) in [4.78, 5) is 30.8. The fraction of sp³-hybridized carbons (Fsp3) is 0.435. The van der Waals surface area contributed by atoms with E-state index in [0.717, 1.165) is 43.2 Å². The summed E-state index contributed by atoms with van der Waals surface area (Å²) in [6.07, 6.45) is 6.33. The van der Waals surface area contributed by atoms with Crippen molar-refractivity contribution in [1.29, 1.82) is 0 Å². The van der Waals surface area contributed by atoms with Crippen molar-refractivity contribution in [3.05, 3.63) is 53.7 Å². The largest absolute Gasteiger partial charge is 0.474 e. The number of aryl methyl sites for hydroxylation is 1. The molecule has 2 aromatic rings. The zero-order valence-corrected chi connectivity index (χ0v) is 16.8. The molecule has 1 aromatic heterocycles. The third-order valence-corrected chi connectivity index (χ3v) is 5.79. The van der Waals surface area contributed by atoms with Gasteiger partial charge < -0.3 is 15.0 Å². The van der Waals surface area contributed by atoms with Crippen LogP contribution in [-0.2, 0) is 4.79 Å². The Labute approximate surface area is 171 Å². The van der Waals surface area contributed by atoms with Gasteiger partial charge in [-0.25, -0.2) is 4.98 Å². The van der Waals surface area contributed by atoms with Gasteiger partial charge in [0.05, 0.1) is 11.9 Å². The molecule has 1 aliphatic heterocycles. The molecule has 0 unspecified atom stereocenters. The summed E-state index contributed by atoms with van der Waals surface area (Å²) in [5.74, 6) is 0.860. The number of likely N-dealkylation sites (tertiary alicyclic amines) is 1. The molecule has 1 aliphatic carbocycles. The molecule has 29 heavy (non-hydrogen) atoms. The summed E-state index contributed by atoms with van der Waals surface area (Å²) in [5.41, 5.74) is 2.58. The van der Waals surface area contributed by atoms with Crippen LogP contribution >= 0.6 is 0 Å². The quantitative estimate of drug-likeness (QED) is 0.838. The number of nitrogens with zero attached hydrogens (tertiary/aromatic N) is 2. The first-order chi connectivity index (χ1) is 14.1. The van der Waals surface area contributed by atoms with E-state index in [0.29, 0.717) is 24.7 Å². The summed E-state index contributed by atoms with van der Waals surface area (Å²) >= 11 is 0. The number of rotatable bonds is 5. The Morgan fingerprint density at radius 1 is 1.03 bits per heavy atom. The molecule has 1 saturated carbocycles. The van der Waals surface area contributed by atoms with E-state index in [1.165, 1.54) is 0 Å². The standard InChI is InChI=1S/C23H27N3O3/c1-16-5-7-18(8-6-16)23(28)26-13-11-20(12-14-26)29-21-10-9-19(15-24-21)25-22(27)17-3-2-4-17/h5-10,15,17,20H,2-4,11-14H2,1H3,(H,25,27). The maximum absolute atomic E-state index is 12.6. The first kappa shape index (κ1) is 19.4. The molecular formula is C23H27N3O3. The molecule has 6 heteroatoms. The predicted molar refractivity (Wildman–Crippen MR) is 111 cm³/mol. The fourth-order valence-corrected chi connectivity index (χ4v) is 3.66. The van der Waals surface area contributed by atoms with Crippen molar-refractivity contribution in [2.24, 2.45) is 5.92 Å². The van der Waals surface area contributed by atoms with Gasteiger partial charge in [0.1, 0.15) is 6.10 Å². The van der Waals surface area contributed by atoms with Gasteiger partial charge in [-0.2, -0.15) is 0 Å². The number of anilines is 1. The molecule has 6 nitrogen and oxygen atoms in total. The lowest BCUT2D eigenvalue weighted by atomic mass is 9.85. The molecule has 2 fully saturated rings. The minimum Gasteiger partial charge on any atom is -0.474 e. The van der Waals surface area contributed by atoms with Crippen LogP contribution < -0.4 is 10.1 Å². The number of hydrogen-bond donors (Lipinski definition) is 1. The number of nitrogens with one attached hydrogen (secondary N) is 1. The van der Waals surface area contributed by atoms with Crippen molar-refractivity contribution in [1.82, 2.24) is 9.88 Å². The maximum atomic E-state index is 12.6. The predicted octanol–water partition coefficient (Wildman–Crippen LogP) is 3.81. The minimum atomic E-state index is 0.0417. The van der Waals surface area contributed by atoms with Crippen molar-refractivity contribution in [3.8, 4) is 5.88 Å². The average molecular weight is 393 g/mol. The van der Waals surface area contributed by atoms with E-state index in [1.807, 2.05) is 42.2 Å². The lowest BCUT2D eigenvalue weighted by molar-refractivity contribution is -0.122. The molecular weight excluding hydrogens is 366 g/mol. The molecule has 1 N–H and O–H groups in total. The molecule has 1 aromatic carbocycles. The van der Waals surface area contributed by atoms with Gasteiger partial charge in [0, 0.05) is 43.5 Å². The van der Waals surface area contributed by atoms with Gasteiger partial charge in [0.15, 0.2) is 0 Å². The van der Waals surface area contributed by atoms with Crippen LogP contribution in [0.1, 0.15) is 48.0 Å². The van der Waals surface area contributed by atoms with Gasteiger partial charge >= 0.3 is 0 Å². The van der Waals surface area contributed by atoms with E-state index in [2.05, 4.69) is 10.3 Å². The highest BCUT2D eigenvalue weighted by Crippen LogP contribution is 2.28. The van der Waals surface area contributed by atoms with Gasteiger partial charge in [0.2, 0.25) is 11.8 Å². The Balaban J connectivity index is 1.25. The van der Waals surface area contributed by atoms with E-state index in [4.69, 9.17) is 4.74 Å². The molecule has 0 radical (unpaired) electrons. The zero-order chi connectivity index (χ0) is 20.2. The Morgan fingerprint density at radius 3 is 2.34 bits per heavy atom. The monoisotopic (exact) mass is 393 g/mol. The zero-order valence-electron chi connectivity index (χ0n) is 16.8. The number of benzene rings is 1. The van der Waals surface area contributed by atoms with E-state index < -0.39 is 0 Å². The number of piperidine rings is 1. The van der Waals surface area contributed by atoms with E-state index in [9.17, 15) is 9.59 Å². The molecule has 0 atom stereocenters. The third kappa shape index (κ3) is 4.75. The highest BCUT2D eigenvalue weighted by molar-refractivity contribution is 5.94. The minimum absolute atomic E-state index is 0.0417.